The lowest BCUT2D eigenvalue weighted by Crippen LogP contribution is -2.35. The molecule has 0 spiro atoms. The van der Waals surface area contributed by atoms with E-state index in [0.717, 1.165) is 24.1 Å². The van der Waals surface area contributed by atoms with Gasteiger partial charge in [-0.3, -0.25) is 4.79 Å². The smallest absolute Gasteiger partial charge is 0.258 e. The molecule has 0 aromatic heterocycles. The number of para-hydroxylation sites is 1. The first-order valence-electron chi connectivity index (χ1n) is 6.61. The second kappa shape index (κ2) is 4.96. The molecule has 2 aromatic carbocycles. The van der Waals surface area contributed by atoms with Gasteiger partial charge in [0.1, 0.15) is 5.82 Å². The summed E-state index contributed by atoms with van der Waals surface area (Å²) in [6, 6.07) is 11.8. The number of nitrogens with two attached hydrogens (primary N) is 1. The molecule has 0 saturated carbocycles. The van der Waals surface area contributed by atoms with E-state index < -0.39 is 5.82 Å². The summed E-state index contributed by atoms with van der Waals surface area (Å²) in [5.74, 6) is -0.693. The number of nitrogens with zero attached hydrogens (tertiary/aromatic N) is 1. The van der Waals surface area contributed by atoms with Crippen LogP contribution in [-0.2, 0) is 6.42 Å². The molecule has 0 saturated heterocycles. The number of carbonyl (C=O) groups excluding carboxylic acids is 1. The SMILES string of the molecule is Nc1cc(F)cc(C(=O)N2CCCc3ccccc32)c1. The summed E-state index contributed by atoms with van der Waals surface area (Å²) >= 11 is 0. The summed E-state index contributed by atoms with van der Waals surface area (Å²) in [6.45, 7) is 0.645. The number of halogens is 1. The van der Waals surface area contributed by atoms with E-state index >= 15 is 0 Å². The predicted molar refractivity (Wildman–Crippen MR) is 77.3 cm³/mol. The highest BCUT2D eigenvalue weighted by atomic mass is 19.1. The van der Waals surface area contributed by atoms with E-state index in [-0.39, 0.29) is 11.6 Å². The average Bonchev–Trinajstić information content (AvgIpc) is 2.45. The first kappa shape index (κ1) is 12.7. The minimum absolute atomic E-state index is 0.205. The van der Waals surface area contributed by atoms with Crippen molar-refractivity contribution in [2.45, 2.75) is 12.8 Å². The number of nitrogen functional groups attached to an aromatic ring is 1. The summed E-state index contributed by atoms with van der Waals surface area (Å²) in [4.78, 5) is 14.3. The van der Waals surface area contributed by atoms with E-state index in [9.17, 15) is 9.18 Å². The molecule has 0 aliphatic carbocycles. The van der Waals surface area contributed by atoms with Crippen LogP contribution in [0.1, 0.15) is 22.3 Å². The van der Waals surface area contributed by atoms with Gasteiger partial charge in [-0.25, -0.2) is 4.39 Å². The molecule has 20 heavy (non-hydrogen) atoms. The molecule has 3 nitrogen and oxygen atoms in total. The predicted octanol–water partition coefficient (Wildman–Crippen LogP) is 3.00. The van der Waals surface area contributed by atoms with Gasteiger partial charge in [0.2, 0.25) is 0 Å². The zero-order valence-corrected chi connectivity index (χ0v) is 11.0. The average molecular weight is 270 g/mol. The molecule has 2 N–H and O–H groups in total. The Hall–Kier alpha value is -2.36. The zero-order chi connectivity index (χ0) is 14.1. The van der Waals surface area contributed by atoms with E-state index in [2.05, 4.69) is 0 Å². The summed E-state index contributed by atoms with van der Waals surface area (Å²) < 4.78 is 13.4. The van der Waals surface area contributed by atoms with Crippen LogP contribution < -0.4 is 10.6 Å². The number of hydrogen-bond donors (Lipinski definition) is 1. The van der Waals surface area contributed by atoms with Gasteiger partial charge in [-0.2, -0.15) is 0 Å². The summed E-state index contributed by atoms with van der Waals surface area (Å²) in [7, 11) is 0. The fourth-order valence-electron chi connectivity index (χ4n) is 2.64. The maximum absolute atomic E-state index is 13.4. The third-order valence-corrected chi connectivity index (χ3v) is 3.52. The van der Waals surface area contributed by atoms with Crippen LogP contribution in [0.3, 0.4) is 0 Å². The van der Waals surface area contributed by atoms with Crippen molar-refractivity contribution in [2.24, 2.45) is 0 Å². The van der Waals surface area contributed by atoms with Gasteiger partial charge in [-0.15, -0.1) is 0 Å². The third kappa shape index (κ3) is 2.25. The van der Waals surface area contributed by atoms with Gasteiger partial charge in [-0.1, -0.05) is 18.2 Å². The lowest BCUT2D eigenvalue weighted by atomic mass is 10.0. The highest BCUT2D eigenvalue weighted by Gasteiger charge is 2.23. The molecule has 0 atom stereocenters. The molecule has 0 bridgehead atoms. The molecule has 102 valence electrons. The zero-order valence-electron chi connectivity index (χ0n) is 11.0. The lowest BCUT2D eigenvalue weighted by Gasteiger charge is -2.29. The third-order valence-electron chi connectivity index (χ3n) is 3.52. The Kier molecular flexibility index (Phi) is 3.14. The second-order valence-electron chi connectivity index (χ2n) is 4.96. The highest BCUT2D eigenvalue weighted by molar-refractivity contribution is 6.07. The Morgan fingerprint density at radius 1 is 1.20 bits per heavy atom. The van der Waals surface area contributed by atoms with Crippen molar-refractivity contribution in [3.05, 3.63) is 59.4 Å². The first-order valence-corrected chi connectivity index (χ1v) is 6.61. The van der Waals surface area contributed by atoms with E-state index in [1.54, 1.807) is 4.90 Å². The summed E-state index contributed by atoms with van der Waals surface area (Å²) in [5.41, 5.74) is 8.22. The van der Waals surface area contributed by atoms with Crippen molar-refractivity contribution in [2.75, 3.05) is 17.2 Å². The Bertz CT molecular complexity index is 649. The number of hydrogen-bond acceptors (Lipinski definition) is 2. The molecule has 0 fully saturated rings. The number of amides is 1. The van der Waals surface area contributed by atoms with Crippen LogP contribution in [0.2, 0.25) is 0 Å². The number of benzene rings is 2. The fourth-order valence-corrected chi connectivity index (χ4v) is 2.64. The van der Waals surface area contributed by atoms with Crippen LogP contribution >= 0.6 is 0 Å². The Morgan fingerprint density at radius 3 is 2.80 bits per heavy atom. The monoisotopic (exact) mass is 270 g/mol. The maximum atomic E-state index is 13.4. The quantitative estimate of drug-likeness (QED) is 0.810. The molecule has 1 aliphatic heterocycles. The Labute approximate surface area is 116 Å². The largest absolute Gasteiger partial charge is 0.399 e. The van der Waals surface area contributed by atoms with Gasteiger partial charge in [0.25, 0.3) is 5.91 Å². The van der Waals surface area contributed by atoms with Gasteiger partial charge < -0.3 is 10.6 Å². The van der Waals surface area contributed by atoms with E-state index in [1.165, 1.54) is 18.2 Å². The molecule has 1 aliphatic rings. The van der Waals surface area contributed by atoms with Gasteiger partial charge in [-0.05, 0) is 42.7 Å². The Balaban J connectivity index is 1.99. The molecule has 1 heterocycles. The molecule has 4 heteroatoms. The fraction of sp³-hybridized carbons (Fsp3) is 0.188. The molecule has 3 rings (SSSR count). The van der Waals surface area contributed by atoms with E-state index in [1.807, 2.05) is 24.3 Å². The highest BCUT2D eigenvalue weighted by Crippen LogP contribution is 2.28. The molecule has 0 unspecified atom stereocenters. The van der Waals surface area contributed by atoms with Gasteiger partial charge in [0.05, 0.1) is 0 Å². The van der Waals surface area contributed by atoms with Crippen molar-refractivity contribution >= 4 is 17.3 Å². The van der Waals surface area contributed by atoms with Crippen LogP contribution in [0.5, 0.6) is 0 Å². The molecule has 0 radical (unpaired) electrons. The van der Waals surface area contributed by atoms with E-state index in [0.29, 0.717) is 12.1 Å². The van der Waals surface area contributed by atoms with Gasteiger partial charge >= 0.3 is 0 Å². The van der Waals surface area contributed by atoms with Crippen molar-refractivity contribution in [1.82, 2.24) is 0 Å². The van der Waals surface area contributed by atoms with E-state index in [4.69, 9.17) is 5.73 Å². The van der Waals surface area contributed by atoms with Gasteiger partial charge in [0.15, 0.2) is 0 Å². The van der Waals surface area contributed by atoms with Crippen molar-refractivity contribution in [3.63, 3.8) is 0 Å². The van der Waals surface area contributed by atoms with Crippen LogP contribution in [0.4, 0.5) is 15.8 Å². The Morgan fingerprint density at radius 2 is 2.00 bits per heavy atom. The molecule has 1 amide bonds. The minimum atomic E-state index is -0.487. The van der Waals surface area contributed by atoms with Crippen molar-refractivity contribution in [1.29, 1.82) is 0 Å². The van der Waals surface area contributed by atoms with Crippen molar-refractivity contribution in [3.8, 4) is 0 Å². The molecular formula is C16H15FN2O. The molecule has 2 aromatic rings. The minimum Gasteiger partial charge on any atom is -0.399 e. The number of aryl methyl sites for hydroxylation is 1. The number of anilines is 2. The lowest BCUT2D eigenvalue weighted by molar-refractivity contribution is 0.0984. The number of rotatable bonds is 1. The summed E-state index contributed by atoms with van der Waals surface area (Å²) in [5, 5.41) is 0. The second-order valence-corrected chi connectivity index (χ2v) is 4.96. The molecular weight excluding hydrogens is 255 g/mol. The van der Waals surface area contributed by atoms with Crippen LogP contribution in [-0.4, -0.2) is 12.5 Å². The van der Waals surface area contributed by atoms with Crippen LogP contribution in [0, 0.1) is 5.82 Å². The van der Waals surface area contributed by atoms with Crippen LogP contribution in [0.15, 0.2) is 42.5 Å². The standard InChI is InChI=1S/C16H15FN2O/c17-13-8-12(9-14(18)10-13)16(20)19-7-3-5-11-4-1-2-6-15(11)19/h1-2,4,6,8-10H,3,5,7,18H2. The number of carbonyl (C=O) groups is 1. The normalized spacial score (nSPS) is 13.9. The van der Waals surface area contributed by atoms with Crippen molar-refractivity contribution < 1.29 is 9.18 Å². The maximum Gasteiger partial charge on any atom is 0.258 e. The number of fused-ring (bicyclic) bond motifs is 1. The summed E-state index contributed by atoms with van der Waals surface area (Å²) in [6.07, 6.45) is 1.87. The van der Waals surface area contributed by atoms with Gasteiger partial charge in [0, 0.05) is 23.5 Å². The first-order chi connectivity index (χ1) is 9.65. The van der Waals surface area contributed by atoms with Crippen LogP contribution in [0.25, 0.3) is 0 Å². The topological polar surface area (TPSA) is 46.3 Å².